The predicted molar refractivity (Wildman–Crippen MR) is 92.6 cm³/mol. The zero-order valence-electron chi connectivity index (χ0n) is 14.6. The van der Waals surface area contributed by atoms with Crippen molar-refractivity contribution in [3.05, 3.63) is 23.8 Å². The largest absolute Gasteiger partial charge is 0.497 e. The predicted octanol–water partition coefficient (Wildman–Crippen LogP) is 2.94. The van der Waals surface area contributed by atoms with Crippen molar-refractivity contribution in [2.75, 3.05) is 25.2 Å². The summed E-state index contributed by atoms with van der Waals surface area (Å²) in [6, 6.07) is 5.67. The molecule has 0 N–H and O–H groups in total. The van der Waals surface area contributed by atoms with E-state index in [1.807, 2.05) is 23.1 Å². The van der Waals surface area contributed by atoms with Crippen LogP contribution in [0.15, 0.2) is 18.2 Å². The normalized spacial score (nSPS) is 23.6. The van der Waals surface area contributed by atoms with Crippen molar-refractivity contribution in [1.29, 1.82) is 0 Å². The van der Waals surface area contributed by atoms with E-state index in [2.05, 4.69) is 0 Å². The Morgan fingerprint density at radius 2 is 2.04 bits per heavy atom. The summed E-state index contributed by atoms with van der Waals surface area (Å²) in [5.74, 6) is 1.15. The maximum absolute atomic E-state index is 13.0. The van der Waals surface area contributed by atoms with Gasteiger partial charge in [-0.1, -0.05) is 12.8 Å². The molecule has 0 aromatic heterocycles. The van der Waals surface area contributed by atoms with Crippen LogP contribution in [0.1, 0.15) is 37.7 Å². The highest BCUT2D eigenvalue weighted by molar-refractivity contribution is 5.91. The van der Waals surface area contributed by atoms with Crippen LogP contribution in [0.25, 0.3) is 0 Å². The van der Waals surface area contributed by atoms with Crippen LogP contribution in [0.2, 0.25) is 0 Å². The second-order valence-electron chi connectivity index (χ2n) is 7.13. The van der Waals surface area contributed by atoms with Crippen molar-refractivity contribution in [2.24, 2.45) is 5.92 Å². The average molecular weight is 344 g/mol. The summed E-state index contributed by atoms with van der Waals surface area (Å²) < 4.78 is 10.6. The second kappa shape index (κ2) is 6.58. The number of fused-ring (bicyclic) bond motifs is 3. The molecule has 1 aromatic rings. The standard InChI is InChI=1S/C19H24N2O4/c1-24-16-6-7-17-14(10-16)11-20(18(22)13-4-2-3-5-13)9-8-15-12-25-19(23)21(15)17/h6-7,10,13,15H,2-5,8-9,11-12H2,1H3. The molecule has 2 aliphatic heterocycles. The van der Waals surface area contributed by atoms with Gasteiger partial charge in [-0.15, -0.1) is 0 Å². The van der Waals surface area contributed by atoms with Crippen molar-refractivity contribution < 1.29 is 19.1 Å². The Morgan fingerprint density at radius 1 is 1.24 bits per heavy atom. The van der Waals surface area contributed by atoms with Crippen LogP contribution in [-0.4, -0.2) is 43.2 Å². The van der Waals surface area contributed by atoms with Crippen molar-refractivity contribution in [3.8, 4) is 5.75 Å². The lowest BCUT2D eigenvalue weighted by Crippen LogP contribution is -2.43. The van der Waals surface area contributed by atoms with Gasteiger partial charge in [-0.3, -0.25) is 9.69 Å². The van der Waals surface area contributed by atoms with E-state index in [0.29, 0.717) is 19.7 Å². The quantitative estimate of drug-likeness (QED) is 0.828. The van der Waals surface area contributed by atoms with Crippen LogP contribution in [0, 0.1) is 5.92 Å². The first-order chi connectivity index (χ1) is 12.2. The van der Waals surface area contributed by atoms with Gasteiger partial charge in [-0.25, -0.2) is 4.79 Å². The molecular weight excluding hydrogens is 320 g/mol. The molecule has 1 aromatic carbocycles. The van der Waals surface area contributed by atoms with Gasteiger partial charge in [0.1, 0.15) is 12.4 Å². The zero-order chi connectivity index (χ0) is 17.4. The van der Waals surface area contributed by atoms with Crippen LogP contribution in [0.4, 0.5) is 10.5 Å². The first-order valence-corrected chi connectivity index (χ1v) is 9.09. The minimum atomic E-state index is -0.299. The summed E-state index contributed by atoms with van der Waals surface area (Å²) in [7, 11) is 1.62. The van der Waals surface area contributed by atoms with E-state index in [1.54, 1.807) is 12.0 Å². The number of nitrogens with zero attached hydrogens (tertiary/aromatic N) is 2. The summed E-state index contributed by atoms with van der Waals surface area (Å²) in [6.45, 7) is 1.55. The van der Waals surface area contributed by atoms with Gasteiger partial charge in [-0.2, -0.15) is 0 Å². The fourth-order valence-electron chi connectivity index (χ4n) is 4.23. The van der Waals surface area contributed by atoms with E-state index in [0.717, 1.165) is 49.1 Å². The first-order valence-electron chi connectivity index (χ1n) is 9.09. The molecule has 1 aliphatic carbocycles. The zero-order valence-corrected chi connectivity index (χ0v) is 14.6. The Kier molecular flexibility index (Phi) is 4.27. The number of carbonyl (C=O) groups excluding carboxylic acids is 2. The van der Waals surface area contributed by atoms with Crippen molar-refractivity contribution in [1.82, 2.24) is 4.90 Å². The maximum atomic E-state index is 13.0. The molecule has 0 bridgehead atoms. The maximum Gasteiger partial charge on any atom is 0.414 e. The summed E-state index contributed by atoms with van der Waals surface area (Å²) in [6.07, 6.45) is 4.73. The Balaban J connectivity index is 1.68. The molecule has 6 heteroatoms. The van der Waals surface area contributed by atoms with Crippen LogP contribution in [0.3, 0.4) is 0 Å². The number of ether oxygens (including phenoxy) is 2. The smallest absolute Gasteiger partial charge is 0.414 e. The molecule has 6 nitrogen and oxygen atoms in total. The highest BCUT2D eigenvalue weighted by atomic mass is 16.6. The van der Waals surface area contributed by atoms with E-state index < -0.39 is 0 Å². The third-order valence-electron chi connectivity index (χ3n) is 5.62. The van der Waals surface area contributed by atoms with Crippen molar-refractivity contribution in [3.63, 3.8) is 0 Å². The fourth-order valence-corrected chi connectivity index (χ4v) is 4.23. The van der Waals surface area contributed by atoms with Crippen molar-refractivity contribution >= 4 is 17.7 Å². The molecule has 0 radical (unpaired) electrons. The number of hydrogen-bond acceptors (Lipinski definition) is 4. The molecule has 1 unspecified atom stereocenters. The molecule has 2 heterocycles. The van der Waals surface area contributed by atoms with E-state index >= 15 is 0 Å². The summed E-state index contributed by atoms with van der Waals surface area (Å²) in [5, 5.41) is 0. The molecule has 1 saturated heterocycles. The number of anilines is 1. The molecule has 1 atom stereocenters. The Labute approximate surface area is 147 Å². The summed E-state index contributed by atoms with van der Waals surface area (Å²) >= 11 is 0. The monoisotopic (exact) mass is 344 g/mol. The highest BCUT2D eigenvalue weighted by Crippen LogP contribution is 2.35. The lowest BCUT2D eigenvalue weighted by Gasteiger charge is -2.33. The average Bonchev–Trinajstić information content (AvgIpc) is 3.26. The Morgan fingerprint density at radius 3 is 2.80 bits per heavy atom. The highest BCUT2D eigenvalue weighted by Gasteiger charge is 2.38. The van der Waals surface area contributed by atoms with Gasteiger partial charge in [0.05, 0.1) is 18.8 Å². The van der Waals surface area contributed by atoms with Crippen LogP contribution in [0.5, 0.6) is 5.75 Å². The van der Waals surface area contributed by atoms with Gasteiger partial charge >= 0.3 is 6.09 Å². The number of rotatable bonds is 2. The van der Waals surface area contributed by atoms with Crippen LogP contribution >= 0.6 is 0 Å². The number of amides is 2. The van der Waals surface area contributed by atoms with Gasteiger partial charge in [-0.05, 0) is 43.0 Å². The second-order valence-corrected chi connectivity index (χ2v) is 7.13. The van der Waals surface area contributed by atoms with Gasteiger partial charge in [0.15, 0.2) is 0 Å². The van der Waals surface area contributed by atoms with Gasteiger partial charge < -0.3 is 14.4 Å². The lowest BCUT2D eigenvalue weighted by molar-refractivity contribution is -0.136. The molecule has 1 saturated carbocycles. The SMILES string of the molecule is COc1ccc2c(c1)CN(C(=O)C1CCCC1)CCC1COC(=O)N21. The third-order valence-corrected chi connectivity index (χ3v) is 5.62. The molecule has 25 heavy (non-hydrogen) atoms. The van der Waals surface area contributed by atoms with Gasteiger partial charge in [0, 0.05) is 19.0 Å². The molecule has 4 rings (SSSR count). The third kappa shape index (κ3) is 2.94. The minimum absolute atomic E-state index is 0.0150. The van der Waals surface area contributed by atoms with Crippen LogP contribution in [-0.2, 0) is 16.1 Å². The van der Waals surface area contributed by atoms with E-state index in [9.17, 15) is 9.59 Å². The van der Waals surface area contributed by atoms with Crippen LogP contribution < -0.4 is 9.64 Å². The van der Waals surface area contributed by atoms with Crippen molar-refractivity contribution in [2.45, 2.75) is 44.7 Å². The first kappa shape index (κ1) is 16.2. The summed E-state index contributed by atoms with van der Waals surface area (Å²) in [5.41, 5.74) is 1.77. The van der Waals surface area contributed by atoms with Gasteiger partial charge in [0.25, 0.3) is 0 Å². The van der Waals surface area contributed by atoms with Gasteiger partial charge in [0.2, 0.25) is 5.91 Å². The molecule has 2 amide bonds. The number of methoxy groups -OCH3 is 1. The van der Waals surface area contributed by atoms with E-state index in [4.69, 9.17) is 9.47 Å². The molecule has 2 fully saturated rings. The topological polar surface area (TPSA) is 59.1 Å². The summed E-state index contributed by atoms with van der Waals surface area (Å²) in [4.78, 5) is 28.9. The Bertz CT molecular complexity index is 684. The van der Waals surface area contributed by atoms with E-state index in [1.165, 1.54) is 0 Å². The van der Waals surface area contributed by atoms with E-state index in [-0.39, 0.29) is 24.0 Å². The number of hydrogen-bond donors (Lipinski definition) is 0. The number of benzene rings is 1. The number of carbonyl (C=O) groups is 2. The molecular formula is C19H24N2O4. The number of cyclic esters (lactones) is 1. The molecule has 3 aliphatic rings. The Hall–Kier alpha value is -2.24. The fraction of sp³-hybridized carbons (Fsp3) is 0.579. The molecule has 134 valence electrons. The lowest BCUT2D eigenvalue weighted by atomic mass is 10.0. The minimum Gasteiger partial charge on any atom is -0.497 e. The molecule has 0 spiro atoms.